The van der Waals surface area contributed by atoms with E-state index >= 15 is 0 Å². The quantitative estimate of drug-likeness (QED) is 0.889. The van der Waals surface area contributed by atoms with Crippen LogP contribution < -0.4 is 5.73 Å². The average Bonchev–Trinajstić information content (AvgIpc) is 2.31. The molecular weight excluding hydrogens is 249 g/mol. The molecule has 2 aromatic carbocycles. The van der Waals surface area contributed by atoms with Crippen LogP contribution >= 0.6 is 11.6 Å². The van der Waals surface area contributed by atoms with Gasteiger partial charge in [0.1, 0.15) is 5.82 Å². The Morgan fingerprint density at radius 3 is 2.61 bits per heavy atom. The Morgan fingerprint density at radius 1 is 1.22 bits per heavy atom. The van der Waals surface area contributed by atoms with Crippen LogP contribution in [0.1, 0.15) is 22.7 Å². The van der Waals surface area contributed by atoms with E-state index < -0.39 is 0 Å². The maximum Gasteiger partial charge on any atom is 0.126 e. The first-order valence-corrected chi connectivity index (χ1v) is 6.20. The number of halogens is 2. The van der Waals surface area contributed by atoms with Crippen LogP contribution in [-0.4, -0.2) is 0 Å². The predicted molar refractivity (Wildman–Crippen MR) is 73.2 cm³/mol. The average molecular weight is 264 g/mol. The molecule has 0 spiro atoms. The van der Waals surface area contributed by atoms with Crippen LogP contribution in [0, 0.1) is 12.7 Å². The van der Waals surface area contributed by atoms with E-state index in [-0.39, 0.29) is 11.9 Å². The van der Waals surface area contributed by atoms with Crippen molar-refractivity contribution in [1.29, 1.82) is 0 Å². The largest absolute Gasteiger partial charge is 0.324 e. The van der Waals surface area contributed by atoms with Gasteiger partial charge in [-0.15, -0.1) is 0 Å². The van der Waals surface area contributed by atoms with E-state index in [4.69, 9.17) is 17.3 Å². The first-order valence-electron chi connectivity index (χ1n) is 5.82. The zero-order valence-corrected chi connectivity index (χ0v) is 10.9. The lowest BCUT2D eigenvalue weighted by Gasteiger charge is -2.14. The molecule has 0 saturated heterocycles. The fraction of sp³-hybridized carbons (Fsp3) is 0.200. The van der Waals surface area contributed by atoms with Gasteiger partial charge >= 0.3 is 0 Å². The molecule has 1 nitrogen and oxygen atoms in total. The van der Waals surface area contributed by atoms with Crippen molar-refractivity contribution in [1.82, 2.24) is 0 Å². The second-order valence-corrected chi connectivity index (χ2v) is 4.90. The molecule has 0 aliphatic heterocycles. The van der Waals surface area contributed by atoms with Crippen molar-refractivity contribution < 1.29 is 4.39 Å². The van der Waals surface area contributed by atoms with Crippen molar-refractivity contribution in [2.45, 2.75) is 19.4 Å². The molecule has 0 aliphatic carbocycles. The molecule has 0 saturated carbocycles. The molecule has 3 heteroatoms. The second-order valence-electron chi connectivity index (χ2n) is 4.46. The molecule has 0 aromatic heterocycles. The van der Waals surface area contributed by atoms with Gasteiger partial charge in [-0.25, -0.2) is 4.39 Å². The summed E-state index contributed by atoms with van der Waals surface area (Å²) in [6.45, 7) is 1.96. The molecule has 0 heterocycles. The molecular formula is C15H15ClFN. The Morgan fingerprint density at radius 2 is 1.94 bits per heavy atom. The third-order valence-electron chi connectivity index (χ3n) is 2.89. The zero-order chi connectivity index (χ0) is 13.1. The molecule has 2 N–H and O–H groups in total. The zero-order valence-electron chi connectivity index (χ0n) is 10.2. The predicted octanol–water partition coefficient (Wildman–Crippen LogP) is 4.03. The van der Waals surface area contributed by atoms with Crippen LogP contribution in [0.25, 0.3) is 0 Å². The number of rotatable bonds is 3. The van der Waals surface area contributed by atoms with Crippen molar-refractivity contribution in [3.63, 3.8) is 0 Å². The van der Waals surface area contributed by atoms with Gasteiger partial charge in [0.05, 0.1) is 0 Å². The normalized spacial score (nSPS) is 12.4. The monoisotopic (exact) mass is 263 g/mol. The van der Waals surface area contributed by atoms with E-state index in [9.17, 15) is 4.39 Å². The van der Waals surface area contributed by atoms with Gasteiger partial charge in [0.2, 0.25) is 0 Å². The van der Waals surface area contributed by atoms with Crippen LogP contribution in [0.2, 0.25) is 5.02 Å². The summed E-state index contributed by atoms with van der Waals surface area (Å²) >= 11 is 6.00. The molecule has 94 valence electrons. The molecule has 0 radical (unpaired) electrons. The number of aryl methyl sites for hydroxylation is 1. The Hall–Kier alpha value is -1.38. The fourth-order valence-corrected chi connectivity index (χ4v) is 2.30. The van der Waals surface area contributed by atoms with Gasteiger partial charge in [-0.1, -0.05) is 35.9 Å². The van der Waals surface area contributed by atoms with Gasteiger partial charge in [0.25, 0.3) is 0 Å². The van der Waals surface area contributed by atoms with Crippen LogP contribution in [0.4, 0.5) is 4.39 Å². The highest BCUT2D eigenvalue weighted by Crippen LogP contribution is 2.22. The second kappa shape index (κ2) is 5.51. The minimum Gasteiger partial charge on any atom is -0.324 e. The van der Waals surface area contributed by atoms with Gasteiger partial charge in [0, 0.05) is 11.1 Å². The van der Waals surface area contributed by atoms with Gasteiger partial charge in [0.15, 0.2) is 0 Å². The van der Waals surface area contributed by atoms with E-state index in [2.05, 4.69) is 0 Å². The molecule has 0 aliphatic rings. The Labute approximate surface area is 111 Å². The minimum absolute atomic E-state index is 0.216. The lowest BCUT2D eigenvalue weighted by molar-refractivity contribution is 0.593. The Bertz CT molecular complexity index is 534. The summed E-state index contributed by atoms with van der Waals surface area (Å²) in [5.74, 6) is -0.216. The van der Waals surface area contributed by atoms with Crippen molar-refractivity contribution in [3.05, 3.63) is 70.0 Å². The highest BCUT2D eigenvalue weighted by Gasteiger charge is 2.11. The minimum atomic E-state index is -0.251. The van der Waals surface area contributed by atoms with E-state index in [1.165, 1.54) is 6.07 Å². The van der Waals surface area contributed by atoms with Crippen LogP contribution in [0.5, 0.6) is 0 Å². The number of nitrogens with two attached hydrogens (primary N) is 1. The lowest BCUT2D eigenvalue weighted by Crippen LogP contribution is -2.14. The molecule has 0 amide bonds. The molecule has 18 heavy (non-hydrogen) atoms. The van der Waals surface area contributed by atoms with Crippen molar-refractivity contribution in [2.75, 3.05) is 0 Å². The Kier molecular flexibility index (Phi) is 4.00. The van der Waals surface area contributed by atoms with Gasteiger partial charge in [-0.2, -0.15) is 0 Å². The van der Waals surface area contributed by atoms with Crippen molar-refractivity contribution >= 4 is 11.6 Å². The van der Waals surface area contributed by atoms with Crippen molar-refractivity contribution in [3.8, 4) is 0 Å². The molecule has 2 rings (SSSR count). The summed E-state index contributed by atoms with van der Waals surface area (Å²) < 4.78 is 13.5. The van der Waals surface area contributed by atoms with Crippen molar-refractivity contribution in [2.24, 2.45) is 5.73 Å². The summed E-state index contributed by atoms with van der Waals surface area (Å²) in [7, 11) is 0. The molecule has 2 aromatic rings. The topological polar surface area (TPSA) is 26.0 Å². The number of benzene rings is 2. The van der Waals surface area contributed by atoms with Gasteiger partial charge in [-0.05, 0) is 48.2 Å². The standard InChI is InChI=1S/C15H15ClFN/c1-10-6-12(8-13(16)7-10)15(18)9-11-4-2-3-5-14(11)17/h2-8,15H,9,18H2,1H3. The van der Waals surface area contributed by atoms with Gasteiger partial charge < -0.3 is 5.73 Å². The maximum atomic E-state index is 13.5. The van der Waals surface area contributed by atoms with E-state index in [1.54, 1.807) is 12.1 Å². The lowest BCUT2D eigenvalue weighted by atomic mass is 9.98. The smallest absolute Gasteiger partial charge is 0.126 e. The van der Waals surface area contributed by atoms with Gasteiger partial charge in [-0.3, -0.25) is 0 Å². The SMILES string of the molecule is Cc1cc(Cl)cc(C(N)Cc2ccccc2F)c1. The highest BCUT2D eigenvalue weighted by molar-refractivity contribution is 6.30. The van der Waals surface area contributed by atoms with Crippen LogP contribution in [0.15, 0.2) is 42.5 Å². The summed E-state index contributed by atoms with van der Waals surface area (Å²) in [6, 6.07) is 12.1. The van der Waals surface area contributed by atoms with E-state index in [1.807, 2.05) is 31.2 Å². The molecule has 0 fully saturated rings. The third-order valence-corrected chi connectivity index (χ3v) is 3.11. The molecule has 1 atom stereocenters. The summed E-state index contributed by atoms with van der Waals surface area (Å²) in [4.78, 5) is 0. The fourth-order valence-electron chi connectivity index (χ4n) is 2.00. The summed E-state index contributed by atoms with van der Waals surface area (Å²) in [5, 5.41) is 0.661. The van der Waals surface area contributed by atoms with Crippen LogP contribution in [-0.2, 0) is 6.42 Å². The number of hydrogen-bond acceptors (Lipinski definition) is 1. The van der Waals surface area contributed by atoms with Crippen LogP contribution in [0.3, 0.4) is 0 Å². The highest BCUT2D eigenvalue weighted by atomic mass is 35.5. The first kappa shape index (κ1) is 13.1. The Balaban J connectivity index is 2.22. The summed E-state index contributed by atoms with van der Waals surface area (Å²) in [6.07, 6.45) is 0.465. The third kappa shape index (κ3) is 3.09. The van der Waals surface area contributed by atoms with E-state index in [0.717, 1.165) is 11.1 Å². The molecule has 1 unspecified atom stereocenters. The summed E-state index contributed by atoms with van der Waals surface area (Å²) in [5.41, 5.74) is 8.73. The number of hydrogen-bond donors (Lipinski definition) is 1. The first-order chi connectivity index (χ1) is 8.56. The maximum absolute atomic E-state index is 13.5. The van der Waals surface area contributed by atoms with E-state index in [0.29, 0.717) is 17.0 Å². The molecule has 0 bridgehead atoms.